The Kier molecular flexibility index (Phi) is 5.73. The van der Waals surface area contributed by atoms with Gasteiger partial charge in [-0.15, -0.1) is 11.3 Å². The Morgan fingerprint density at radius 2 is 1.81 bits per heavy atom. The van der Waals surface area contributed by atoms with Crippen LogP contribution in [0.25, 0.3) is 21.3 Å². The number of fused-ring (bicyclic) bond motifs is 2. The molecule has 0 atom stereocenters. The molecule has 1 fully saturated rings. The van der Waals surface area contributed by atoms with Crippen LogP contribution in [0.3, 0.4) is 0 Å². The third-order valence-electron chi connectivity index (χ3n) is 6.50. The van der Waals surface area contributed by atoms with E-state index in [0.717, 1.165) is 59.5 Å². The molecule has 0 spiro atoms. The maximum Gasteiger partial charge on any atom is 0.329 e. The maximum atomic E-state index is 12.6. The summed E-state index contributed by atoms with van der Waals surface area (Å²) in [5.74, 6) is 0.959. The molecule has 1 saturated heterocycles. The zero-order valence-corrected chi connectivity index (χ0v) is 19.8. The summed E-state index contributed by atoms with van der Waals surface area (Å²) in [5, 5.41) is 4.80. The van der Waals surface area contributed by atoms with E-state index in [1.807, 2.05) is 23.0 Å². The minimum Gasteiger partial charge on any atom is -0.367 e. The van der Waals surface area contributed by atoms with E-state index in [0.29, 0.717) is 19.1 Å². The number of hydrogen-bond acceptors (Lipinski definition) is 6. The third kappa shape index (κ3) is 3.82. The van der Waals surface area contributed by atoms with Crippen LogP contribution < -0.4 is 11.0 Å². The van der Waals surface area contributed by atoms with Crippen LogP contribution in [0.1, 0.15) is 37.1 Å². The van der Waals surface area contributed by atoms with Gasteiger partial charge in [-0.25, -0.2) is 14.8 Å². The van der Waals surface area contributed by atoms with Crippen molar-refractivity contribution in [2.24, 2.45) is 0 Å². The Morgan fingerprint density at radius 3 is 2.56 bits per heavy atom. The quantitative estimate of drug-likeness (QED) is 0.476. The fourth-order valence-corrected chi connectivity index (χ4v) is 5.70. The number of benzene rings is 1. The van der Waals surface area contributed by atoms with Crippen LogP contribution in [0, 0.1) is 6.92 Å². The van der Waals surface area contributed by atoms with E-state index >= 15 is 0 Å². The Morgan fingerprint density at radius 1 is 1.06 bits per heavy atom. The Hall–Kier alpha value is -2.71. The molecule has 0 bridgehead atoms. The molecule has 1 aliphatic heterocycles. The Labute approximate surface area is 191 Å². The minimum absolute atomic E-state index is 0.0914. The van der Waals surface area contributed by atoms with Gasteiger partial charge in [0.1, 0.15) is 17.0 Å². The molecule has 4 heterocycles. The van der Waals surface area contributed by atoms with Gasteiger partial charge in [0, 0.05) is 43.6 Å². The standard InChI is InChI=1S/C24H30N6OS/c1-4-29-20-7-6-17(13-21(20)30(5-2)24(29)31)14-28-10-8-18(9-11-28)27-22-19-12-16(3)32-23(19)26-15-25-22/h6-7,12-13,15,18H,4-5,8-11,14H2,1-3H3,(H,25,26,27). The second-order valence-electron chi connectivity index (χ2n) is 8.59. The molecular formula is C24H30N6OS. The van der Waals surface area contributed by atoms with E-state index in [4.69, 9.17) is 0 Å². The fraction of sp³-hybridized carbons (Fsp3) is 0.458. The van der Waals surface area contributed by atoms with Crippen LogP contribution in [-0.2, 0) is 19.6 Å². The molecule has 8 heteroatoms. The van der Waals surface area contributed by atoms with Crippen LogP contribution in [0.4, 0.5) is 5.82 Å². The lowest BCUT2D eigenvalue weighted by molar-refractivity contribution is 0.211. The number of aryl methyl sites for hydroxylation is 3. The number of piperidine rings is 1. The summed E-state index contributed by atoms with van der Waals surface area (Å²) in [6, 6.07) is 9.09. The van der Waals surface area contributed by atoms with E-state index < -0.39 is 0 Å². The first-order chi connectivity index (χ1) is 15.6. The number of rotatable bonds is 6. The van der Waals surface area contributed by atoms with E-state index in [9.17, 15) is 4.79 Å². The van der Waals surface area contributed by atoms with Crippen LogP contribution in [0.15, 0.2) is 35.4 Å². The van der Waals surface area contributed by atoms with Crippen LogP contribution in [-0.4, -0.2) is 43.1 Å². The zero-order chi connectivity index (χ0) is 22.2. The van der Waals surface area contributed by atoms with Gasteiger partial charge in [0.05, 0.1) is 16.4 Å². The molecular weight excluding hydrogens is 420 g/mol. The highest BCUT2D eigenvalue weighted by molar-refractivity contribution is 7.18. The van der Waals surface area contributed by atoms with E-state index in [1.54, 1.807) is 17.7 Å². The van der Waals surface area contributed by atoms with Crippen molar-refractivity contribution in [1.29, 1.82) is 0 Å². The van der Waals surface area contributed by atoms with Crippen molar-refractivity contribution in [3.63, 3.8) is 0 Å². The lowest BCUT2D eigenvalue weighted by atomic mass is 10.0. The van der Waals surface area contributed by atoms with Gasteiger partial charge in [-0.1, -0.05) is 6.07 Å². The topological polar surface area (TPSA) is 68.0 Å². The summed E-state index contributed by atoms with van der Waals surface area (Å²) >= 11 is 1.71. The summed E-state index contributed by atoms with van der Waals surface area (Å²) in [5.41, 5.74) is 3.44. The first kappa shape index (κ1) is 21.2. The summed E-state index contributed by atoms with van der Waals surface area (Å²) in [6.07, 6.45) is 3.83. The van der Waals surface area contributed by atoms with Gasteiger partial charge < -0.3 is 5.32 Å². The molecule has 1 aliphatic rings. The van der Waals surface area contributed by atoms with Crippen LogP contribution >= 0.6 is 11.3 Å². The molecule has 3 aromatic heterocycles. The minimum atomic E-state index is 0.0914. The average molecular weight is 451 g/mol. The summed E-state index contributed by atoms with van der Waals surface area (Å²) < 4.78 is 3.74. The molecule has 32 heavy (non-hydrogen) atoms. The van der Waals surface area contributed by atoms with Crippen molar-refractivity contribution in [2.45, 2.75) is 59.3 Å². The molecule has 0 aliphatic carbocycles. The smallest absolute Gasteiger partial charge is 0.329 e. The second kappa shape index (κ2) is 8.67. The predicted molar refractivity (Wildman–Crippen MR) is 132 cm³/mol. The lowest BCUT2D eigenvalue weighted by Gasteiger charge is -2.32. The zero-order valence-electron chi connectivity index (χ0n) is 19.0. The van der Waals surface area contributed by atoms with Gasteiger partial charge in [0.2, 0.25) is 0 Å². The highest BCUT2D eigenvalue weighted by Crippen LogP contribution is 2.29. The van der Waals surface area contributed by atoms with Crippen molar-refractivity contribution in [3.05, 3.63) is 51.5 Å². The average Bonchev–Trinajstić information content (AvgIpc) is 3.31. The first-order valence-corrected chi connectivity index (χ1v) is 12.3. The molecule has 1 N–H and O–H groups in total. The summed E-state index contributed by atoms with van der Waals surface area (Å²) in [4.78, 5) is 26.3. The van der Waals surface area contributed by atoms with Gasteiger partial charge in [-0.05, 0) is 57.4 Å². The molecule has 0 saturated carbocycles. The molecule has 5 rings (SSSR count). The summed E-state index contributed by atoms with van der Waals surface area (Å²) in [6.45, 7) is 10.6. The van der Waals surface area contributed by atoms with Crippen LogP contribution in [0.2, 0.25) is 0 Å². The Balaban J connectivity index is 1.26. The molecule has 7 nitrogen and oxygen atoms in total. The largest absolute Gasteiger partial charge is 0.367 e. The Bertz CT molecular complexity index is 1310. The maximum absolute atomic E-state index is 12.6. The number of nitrogens with one attached hydrogen (secondary N) is 1. The molecule has 0 radical (unpaired) electrons. The normalized spacial score (nSPS) is 15.7. The van der Waals surface area contributed by atoms with Crippen molar-refractivity contribution in [3.8, 4) is 0 Å². The number of nitrogens with zero attached hydrogens (tertiary/aromatic N) is 5. The number of imidazole rings is 1. The highest BCUT2D eigenvalue weighted by atomic mass is 32.1. The van der Waals surface area contributed by atoms with Gasteiger partial charge in [-0.3, -0.25) is 14.0 Å². The third-order valence-corrected chi connectivity index (χ3v) is 7.46. The van der Waals surface area contributed by atoms with E-state index in [2.05, 4.69) is 51.4 Å². The van der Waals surface area contributed by atoms with E-state index in [1.165, 1.54) is 10.4 Å². The molecule has 4 aromatic rings. The van der Waals surface area contributed by atoms with Gasteiger partial charge in [0.15, 0.2) is 0 Å². The number of thiophene rings is 1. The van der Waals surface area contributed by atoms with E-state index in [-0.39, 0.29) is 5.69 Å². The van der Waals surface area contributed by atoms with Crippen molar-refractivity contribution in [1.82, 2.24) is 24.0 Å². The number of anilines is 1. The first-order valence-electron chi connectivity index (χ1n) is 11.5. The molecule has 0 amide bonds. The summed E-state index contributed by atoms with van der Waals surface area (Å²) in [7, 11) is 0. The van der Waals surface area contributed by atoms with Gasteiger partial charge >= 0.3 is 5.69 Å². The molecule has 0 unspecified atom stereocenters. The van der Waals surface area contributed by atoms with Crippen molar-refractivity contribution in [2.75, 3.05) is 18.4 Å². The van der Waals surface area contributed by atoms with Gasteiger partial charge in [-0.2, -0.15) is 0 Å². The van der Waals surface area contributed by atoms with Crippen LogP contribution in [0.5, 0.6) is 0 Å². The highest BCUT2D eigenvalue weighted by Gasteiger charge is 2.21. The predicted octanol–water partition coefficient (Wildman–Crippen LogP) is 4.23. The monoisotopic (exact) mass is 450 g/mol. The van der Waals surface area contributed by atoms with Crippen molar-refractivity contribution >= 4 is 38.4 Å². The molecule has 168 valence electrons. The van der Waals surface area contributed by atoms with Gasteiger partial charge in [0.25, 0.3) is 0 Å². The lowest BCUT2D eigenvalue weighted by Crippen LogP contribution is -2.38. The van der Waals surface area contributed by atoms with Crippen molar-refractivity contribution < 1.29 is 0 Å². The number of hydrogen-bond donors (Lipinski definition) is 1. The molecule has 1 aromatic carbocycles. The number of aromatic nitrogens is 4. The second-order valence-corrected chi connectivity index (χ2v) is 9.82. The number of likely N-dealkylation sites (tertiary alicyclic amines) is 1. The SMILES string of the molecule is CCn1c(=O)n(CC)c2cc(CN3CCC(Nc4ncnc5sc(C)cc45)CC3)ccc21. The fourth-order valence-electron chi connectivity index (χ4n) is 4.85.